The van der Waals surface area contributed by atoms with E-state index < -0.39 is 12.0 Å². The monoisotopic (exact) mass is 239 g/mol. The summed E-state index contributed by atoms with van der Waals surface area (Å²) in [4.78, 5) is 22.4. The summed E-state index contributed by atoms with van der Waals surface area (Å²) in [6.07, 6.45) is 7.38. The minimum Gasteiger partial charge on any atom is -0.480 e. The Morgan fingerprint density at radius 1 is 1.24 bits per heavy atom. The summed E-state index contributed by atoms with van der Waals surface area (Å²) >= 11 is 0. The van der Waals surface area contributed by atoms with Crippen LogP contribution in [0.1, 0.15) is 45.4 Å². The Balaban J connectivity index is 1.77. The molecule has 0 radical (unpaired) electrons. The fraction of sp³-hybridized carbons (Fsp3) is 0.846. The Kier molecular flexibility index (Phi) is 3.69. The molecule has 0 aromatic carbocycles. The molecule has 0 heterocycles. The summed E-state index contributed by atoms with van der Waals surface area (Å²) in [5, 5.41) is 11.3. The number of amides is 1. The number of carboxylic acid groups (broad SMARTS) is 1. The van der Waals surface area contributed by atoms with Gasteiger partial charge in [-0.15, -0.1) is 0 Å². The number of carbonyl (C=O) groups is 2. The van der Waals surface area contributed by atoms with Gasteiger partial charge in [-0.25, -0.2) is 0 Å². The Hall–Kier alpha value is -1.06. The van der Waals surface area contributed by atoms with Gasteiger partial charge >= 0.3 is 5.97 Å². The van der Waals surface area contributed by atoms with Crippen LogP contribution in [0.3, 0.4) is 0 Å². The highest BCUT2D eigenvalue weighted by Gasteiger charge is 2.47. The molecule has 2 N–H and O–H groups in total. The molecule has 2 rings (SSSR count). The van der Waals surface area contributed by atoms with E-state index in [0.717, 1.165) is 6.42 Å². The lowest BCUT2D eigenvalue weighted by Gasteiger charge is -2.21. The molecule has 0 aliphatic heterocycles. The Labute approximate surface area is 102 Å². The van der Waals surface area contributed by atoms with Gasteiger partial charge in [-0.3, -0.25) is 9.59 Å². The zero-order valence-corrected chi connectivity index (χ0v) is 10.3. The van der Waals surface area contributed by atoms with Gasteiger partial charge in [0.1, 0.15) is 6.04 Å². The number of hydrogen-bond donors (Lipinski definition) is 2. The van der Waals surface area contributed by atoms with Gasteiger partial charge in [-0.1, -0.05) is 32.1 Å². The quantitative estimate of drug-likeness (QED) is 0.786. The molecule has 0 saturated heterocycles. The van der Waals surface area contributed by atoms with E-state index in [0.29, 0.717) is 11.8 Å². The van der Waals surface area contributed by atoms with Crippen molar-refractivity contribution in [2.45, 2.75) is 51.5 Å². The molecule has 0 aromatic heterocycles. The third-order valence-electron chi connectivity index (χ3n) is 4.16. The SMILES string of the molecule is CC(NC(=O)C1CC1C1CCCCC1)C(=O)O. The molecule has 4 heteroatoms. The van der Waals surface area contributed by atoms with Gasteiger partial charge in [0.15, 0.2) is 0 Å². The number of nitrogens with one attached hydrogen (secondary N) is 1. The first-order valence-corrected chi connectivity index (χ1v) is 6.62. The first-order chi connectivity index (χ1) is 8.09. The standard InChI is InChI=1S/C13H21NO3/c1-8(13(16)17)14-12(15)11-7-10(11)9-5-3-2-4-6-9/h8-11H,2-7H2,1H3,(H,14,15)(H,16,17). The Morgan fingerprint density at radius 2 is 1.88 bits per heavy atom. The number of hydrogen-bond acceptors (Lipinski definition) is 2. The molecule has 3 atom stereocenters. The van der Waals surface area contributed by atoms with E-state index in [-0.39, 0.29) is 11.8 Å². The highest BCUT2D eigenvalue weighted by atomic mass is 16.4. The van der Waals surface area contributed by atoms with Crippen LogP contribution >= 0.6 is 0 Å². The largest absolute Gasteiger partial charge is 0.480 e. The number of carbonyl (C=O) groups excluding carboxylic acids is 1. The van der Waals surface area contributed by atoms with Gasteiger partial charge in [0.25, 0.3) is 0 Å². The van der Waals surface area contributed by atoms with Crippen LogP contribution in [0.2, 0.25) is 0 Å². The second kappa shape index (κ2) is 5.07. The topological polar surface area (TPSA) is 66.4 Å². The van der Waals surface area contributed by atoms with E-state index >= 15 is 0 Å². The third kappa shape index (κ3) is 2.99. The van der Waals surface area contributed by atoms with Crippen LogP contribution in [0.4, 0.5) is 0 Å². The molecule has 3 unspecified atom stereocenters. The van der Waals surface area contributed by atoms with Crippen LogP contribution in [0, 0.1) is 17.8 Å². The lowest BCUT2D eigenvalue weighted by Crippen LogP contribution is -2.39. The average Bonchev–Trinajstić information content (AvgIpc) is 3.10. The van der Waals surface area contributed by atoms with Crippen LogP contribution in [0.15, 0.2) is 0 Å². The zero-order chi connectivity index (χ0) is 12.4. The third-order valence-corrected chi connectivity index (χ3v) is 4.16. The number of rotatable bonds is 4. The summed E-state index contributed by atoms with van der Waals surface area (Å²) in [7, 11) is 0. The molecule has 0 aromatic rings. The van der Waals surface area contributed by atoms with Crippen molar-refractivity contribution in [1.82, 2.24) is 5.32 Å². The van der Waals surface area contributed by atoms with E-state index in [4.69, 9.17) is 5.11 Å². The molecule has 17 heavy (non-hydrogen) atoms. The summed E-state index contributed by atoms with van der Waals surface area (Å²) in [6.45, 7) is 1.51. The van der Waals surface area contributed by atoms with Crippen LogP contribution < -0.4 is 5.32 Å². The Bertz CT molecular complexity index is 310. The predicted octanol–water partition coefficient (Wildman–Crippen LogP) is 1.79. The van der Waals surface area contributed by atoms with Crippen LogP contribution in [0.25, 0.3) is 0 Å². The maximum absolute atomic E-state index is 11.8. The number of carboxylic acids is 1. The summed E-state index contributed by atoms with van der Waals surface area (Å²) < 4.78 is 0. The molecule has 1 amide bonds. The summed E-state index contributed by atoms with van der Waals surface area (Å²) in [6, 6.07) is -0.768. The fourth-order valence-electron chi connectivity index (χ4n) is 2.98. The van der Waals surface area contributed by atoms with Crippen molar-refractivity contribution in [1.29, 1.82) is 0 Å². The van der Waals surface area contributed by atoms with Crippen LogP contribution in [-0.2, 0) is 9.59 Å². The maximum atomic E-state index is 11.8. The van der Waals surface area contributed by atoms with Gasteiger partial charge in [-0.2, -0.15) is 0 Å². The highest BCUT2D eigenvalue weighted by Crippen LogP contribution is 2.49. The smallest absolute Gasteiger partial charge is 0.325 e. The van der Waals surface area contributed by atoms with Crippen molar-refractivity contribution in [2.24, 2.45) is 17.8 Å². The Morgan fingerprint density at radius 3 is 2.47 bits per heavy atom. The van der Waals surface area contributed by atoms with Crippen molar-refractivity contribution >= 4 is 11.9 Å². The lowest BCUT2D eigenvalue weighted by molar-refractivity contribution is -0.141. The van der Waals surface area contributed by atoms with Crippen molar-refractivity contribution in [2.75, 3.05) is 0 Å². The molecule has 4 nitrogen and oxygen atoms in total. The van der Waals surface area contributed by atoms with Crippen LogP contribution in [-0.4, -0.2) is 23.0 Å². The predicted molar refractivity (Wildman–Crippen MR) is 63.4 cm³/mol. The van der Waals surface area contributed by atoms with Crippen molar-refractivity contribution in [3.8, 4) is 0 Å². The van der Waals surface area contributed by atoms with E-state index in [1.165, 1.54) is 39.0 Å². The summed E-state index contributed by atoms with van der Waals surface area (Å²) in [5.41, 5.74) is 0. The van der Waals surface area contributed by atoms with Crippen LogP contribution in [0.5, 0.6) is 0 Å². The molecule has 2 saturated carbocycles. The fourth-order valence-corrected chi connectivity index (χ4v) is 2.98. The molecule has 0 spiro atoms. The molecule has 2 fully saturated rings. The van der Waals surface area contributed by atoms with Gasteiger partial charge in [0.2, 0.25) is 5.91 Å². The minimum atomic E-state index is -0.965. The van der Waals surface area contributed by atoms with E-state index in [1.54, 1.807) is 0 Å². The maximum Gasteiger partial charge on any atom is 0.325 e. The van der Waals surface area contributed by atoms with Crippen molar-refractivity contribution in [3.63, 3.8) is 0 Å². The average molecular weight is 239 g/mol. The van der Waals surface area contributed by atoms with Gasteiger partial charge in [-0.05, 0) is 25.2 Å². The second-order valence-electron chi connectivity index (χ2n) is 5.47. The summed E-state index contributed by atoms with van der Waals surface area (Å²) in [5.74, 6) is 0.291. The first kappa shape index (κ1) is 12.4. The van der Waals surface area contributed by atoms with Gasteiger partial charge < -0.3 is 10.4 Å². The molecule has 2 aliphatic rings. The number of aliphatic carboxylic acids is 1. The molecule has 2 aliphatic carbocycles. The van der Waals surface area contributed by atoms with Gasteiger partial charge in [0, 0.05) is 5.92 Å². The first-order valence-electron chi connectivity index (χ1n) is 6.62. The molecule has 96 valence electrons. The highest BCUT2D eigenvalue weighted by molar-refractivity contribution is 5.86. The van der Waals surface area contributed by atoms with Crippen molar-refractivity contribution < 1.29 is 14.7 Å². The van der Waals surface area contributed by atoms with E-state index in [2.05, 4.69) is 5.32 Å². The van der Waals surface area contributed by atoms with Crippen molar-refractivity contribution in [3.05, 3.63) is 0 Å². The van der Waals surface area contributed by atoms with E-state index in [9.17, 15) is 9.59 Å². The lowest BCUT2D eigenvalue weighted by atomic mass is 9.85. The minimum absolute atomic E-state index is 0.0597. The van der Waals surface area contributed by atoms with E-state index in [1.807, 2.05) is 0 Å². The second-order valence-corrected chi connectivity index (χ2v) is 5.47. The molecular formula is C13H21NO3. The zero-order valence-electron chi connectivity index (χ0n) is 10.3. The molecular weight excluding hydrogens is 218 g/mol. The normalized spacial score (nSPS) is 30.6. The molecule has 0 bridgehead atoms. The van der Waals surface area contributed by atoms with Gasteiger partial charge in [0.05, 0.1) is 0 Å².